The van der Waals surface area contributed by atoms with E-state index in [2.05, 4.69) is 0 Å². The highest BCUT2D eigenvalue weighted by Crippen LogP contribution is 2.27. The van der Waals surface area contributed by atoms with Crippen LogP contribution in [0.4, 0.5) is 13.2 Å². The largest absolute Gasteiger partial charge is 0.321 e. The highest BCUT2D eigenvalue weighted by molar-refractivity contribution is 5.30. The van der Waals surface area contributed by atoms with Gasteiger partial charge in [-0.15, -0.1) is 0 Å². The minimum Gasteiger partial charge on any atom is -0.321 e. The van der Waals surface area contributed by atoms with Crippen molar-refractivity contribution in [3.63, 3.8) is 0 Å². The molecule has 19 heavy (non-hydrogen) atoms. The standard InChI is InChI=1S/C15H14F3N/c1-15(19,9-10-5-3-2-4-6-10)11-7-8-12(16)14(18)13(11)17/h2-8H,9,19H2,1H3. The monoisotopic (exact) mass is 265 g/mol. The van der Waals surface area contributed by atoms with Crippen LogP contribution in [-0.2, 0) is 12.0 Å². The SMILES string of the molecule is CC(N)(Cc1ccccc1)c1ccc(F)c(F)c1F. The Labute approximate surface area is 109 Å². The Morgan fingerprint density at radius 3 is 2.21 bits per heavy atom. The quantitative estimate of drug-likeness (QED) is 0.844. The Kier molecular flexibility index (Phi) is 3.62. The fraction of sp³-hybridized carbons (Fsp3) is 0.200. The molecule has 0 amide bonds. The van der Waals surface area contributed by atoms with E-state index in [-0.39, 0.29) is 5.56 Å². The van der Waals surface area contributed by atoms with E-state index < -0.39 is 23.0 Å². The molecule has 100 valence electrons. The lowest BCUT2D eigenvalue weighted by atomic mass is 9.86. The molecule has 1 nitrogen and oxygen atoms in total. The Bertz CT molecular complexity index is 579. The molecule has 0 aliphatic heterocycles. The molecule has 2 aromatic rings. The van der Waals surface area contributed by atoms with E-state index in [4.69, 9.17) is 5.73 Å². The van der Waals surface area contributed by atoms with Gasteiger partial charge in [0.05, 0.1) is 0 Å². The molecule has 0 aliphatic rings. The van der Waals surface area contributed by atoms with Crippen molar-refractivity contribution in [1.82, 2.24) is 0 Å². The molecule has 0 aromatic heterocycles. The second-order valence-corrected chi connectivity index (χ2v) is 4.80. The third kappa shape index (κ3) is 2.79. The molecular weight excluding hydrogens is 251 g/mol. The van der Waals surface area contributed by atoms with Gasteiger partial charge in [-0.2, -0.15) is 0 Å². The van der Waals surface area contributed by atoms with Crippen LogP contribution in [0.25, 0.3) is 0 Å². The Hall–Kier alpha value is -1.81. The molecule has 0 fully saturated rings. The first-order valence-electron chi connectivity index (χ1n) is 5.88. The van der Waals surface area contributed by atoms with Crippen molar-refractivity contribution in [3.05, 3.63) is 71.0 Å². The topological polar surface area (TPSA) is 26.0 Å². The van der Waals surface area contributed by atoms with Gasteiger partial charge in [0.1, 0.15) is 0 Å². The molecule has 0 radical (unpaired) electrons. The van der Waals surface area contributed by atoms with Gasteiger partial charge in [-0.3, -0.25) is 0 Å². The van der Waals surface area contributed by atoms with Crippen LogP contribution in [-0.4, -0.2) is 0 Å². The van der Waals surface area contributed by atoms with Gasteiger partial charge in [0.25, 0.3) is 0 Å². The number of hydrogen-bond acceptors (Lipinski definition) is 1. The molecule has 0 aliphatic carbocycles. The van der Waals surface area contributed by atoms with Crippen molar-refractivity contribution in [1.29, 1.82) is 0 Å². The lowest BCUT2D eigenvalue weighted by Gasteiger charge is -2.26. The summed E-state index contributed by atoms with van der Waals surface area (Å²) in [6.07, 6.45) is 0.329. The predicted octanol–water partition coefficient (Wildman–Crippen LogP) is 3.52. The van der Waals surface area contributed by atoms with Gasteiger partial charge in [0.2, 0.25) is 0 Å². The summed E-state index contributed by atoms with van der Waals surface area (Å²) in [6, 6.07) is 11.3. The van der Waals surface area contributed by atoms with Gasteiger partial charge in [-0.1, -0.05) is 36.4 Å². The number of hydrogen-bond donors (Lipinski definition) is 1. The number of rotatable bonds is 3. The van der Waals surface area contributed by atoms with Crippen molar-refractivity contribution < 1.29 is 13.2 Å². The third-order valence-electron chi connectivity index (χ3n) is 3.06. The van der Waals surface area contributed by atoms with Crippen LogP contribution < -0.4 is 5.73 Å². The van der Waals surface area contributed by atoms with E-state index in [0.29, 0.717) is 6.42 Å². The molecular formula is C15H14F3N. The number of nitrogens with two attached hydrogens (primary N) is 1. The molecule has 0 bridgehead atoms. The Balaban J connectivity index is 2.37. The smallest absolute Gasteiger partial charge is 0.194 e. The lowest BCUT2D eigenvalue weighted by molar-refractivity contribution is 0.404. The van der Waals surface area contributed by atoms with Crippen molar-refractivity contribution in [2.75, 3.05) is 0 Å². The molecule has 0 heterocycles. The van der Waals surface area contributed by atoms with Crippen LogP contribution in [0.3, 0.4) is 0 Å². The van der Waals surface area contributed by atoms with Gasteiger partial charge in [-0.05, 0) is 25.0 Å². The second-order valence-electron chi connectivity index (χ2n) is 4.80. The van der Waals surface area contributed by atoms with Crippen LogP contribution in [0, 0.1) is 17.5 Å². The van der Waals surface area contributed by atoms with Crippen LogP contribution in [0.1, 0.15) is 18.1 Å². The number of benzene rings is 2. The van der Waals surface area contributed by atoms with Crippen molar-refractivity contribution in [2.45, 2.75) is 18.9 Å². The first-order chi connectivity index (χ1) is 8.92. The maximum absolute atomic E-state index is 13.8. The van der Waals surface area contributed by atoms with Gasteiger partial charge in [0, 0.05) is 11.1 Å². The Morgan fingerprint density at radius 2 is 1.58 bits per heavy atom. The molecule has 2 aromatic carbocycles. The molecule has 0 spiro atoms. The molecule has 2 N–H and O–H groups in total. The summed E-state index contributed by atoms with van der Waals surface area (Å²) in [4.78, 5) is 0. The van der Waals surface area contributed by atoms with Gasteiger partial charge < -0.3 is 5.73 Å². The highest BCUT2D eigenvalue weighted by Gasteiger charge is 2.28. The maximum atomic E-state index is 13.8. The van der Waals surface area contributed by atoms with E-state index >= 15 is 0 Å². The normalized spacial score (nSPS) is 14.2. The second kappa shape index (κ2) is 5.05. The van der Waals surface area contributed by atoms with Crippen LogP contribution in [0.2, 0.25) is 0 Å². The van der Waals surface area contributed by atoms with Crippen molar-refractivity contribution in [3.8, 4) is 0 Å². The maximum Gasteiger partial charge on any atom is 0.194 e. The summed E-state index contributed by atoms with van der Waals surface area (Å²) in [5, 5.41) is 0. The molecule has 2 rings (SSSR count). The number of halogens is 3. The van der Waals surface area contributed by atoms with Crippen molar-refractivity contribution in [2.24, 2.45) is 5.73 Å². The van der Waals surface area contributed by atoms with E-state index in [9.17, 15) is 13.2 Å². The fourth-order valence-corrected chi connectivity index (χ4v) is 2.08. The summed E-state index contributed by atoms with van der Waals surface area (Å²) in [7, 11) is 0. The van der Waals surface area contributed by atoms with Gasteiger partial charge >= 0.3 is 0 Å². The third-order valence-corrected chi connectivity index (χ3v) is 3.06. The fourth-order valence-electron chi connectivity index (χ4n) is 2.08. The van der Waals surface area contributed by atoms with Gasteiger partial charge in [-0.25, -0.2) is 13.2 Å². The summed E-state index contributed by atoms with van der Waals surface area (Å²) in [6.45, 7) is 1.59. The lowest BCUT2D eigenvalue weighted by Crippen LogP contribution is -2.36. The van der Waals surface area contributed by atoms with Crippen molar-refractivity contribution >= 4 is 0 Å². The summed E-state index contributed by atoms with van der Waals surface area (Å²) >= 11 is 0. The van der Waals surface area contributed by atoms with Crippen LogP contribution in [0.5, 0.6) is 0 Å². The highest BCUT2D eigenvalue weighted by atomic mass is 19.2. The minimum absolute atomic E-state index is 0.0322. The van der Waals surface area contributed by atoms with E-state index in [1.807, 2.05) is 30.3 Å². The van der Waals surface area contributed by atoms with Gasteiger partial charge in [0.15, 0.2) is 17.5 Å². The minimum atomic E-state index is -1.48. The summed E-state index contributed by atoms with van der Waals surface area (Å²) in [5.41, 5.74) is 5.82. The zero-order valence-electron chi connectivity index (χ0n) is 10.5. The predicted molar refractivity (Wildman–Crippen MR) is 68.0 cm³/mol. The average Bonchev–Trinajstić information content (AvgIpc) is 2.36. The molecule has 4 heteroatoms. The van der Waals surface area contributed by atoms with E-state index in [1.165, 1.54) is 6.07 Å². The molecule has 1 atom stereocenters. The molecule has 0 saturated carbocycles. The van der Waals surface area contributed by atoms with Crippen LogP contribution in [0.15, 0.2) is 42.5 Å². The van der Waals surface area contributed by atoms with E-state index in [0.717, 1.165) is 11.6 Å². The summed E-state index contributed by atoms with van der Waals surface area (Å²) in [5.74, 6) is -3.92. The van der Waals surface area contributed by atoms with Crippen LogP contribution >= 0.6 is 0 Å². The average molecular weight is 265 g/mol. The first-order valence-corrected chi connectivity index (χ1v) is 5.88. The Morgan fingerprint density at radius 1 is 0.947 bits per heavy atom. The molecule has 1 unspecified atom stereocenters. The zero-order chi connectivity index (χ0) is 14.0. The summed E-state index contributed by atoms with van der Waals surface area (Å²) < 4.78 is 39.9. The molecule has 0 saturated heterocycles. The van der Waals surface area contributed by atoms with E-state index in [1.54, 1.807) is 6.92 Å². The zero-order valence-corrected chi connectivity index (χ0v) is 10.5. The first kappa shape index (κ1) is 13.6.